The van der Waals surface area contributed by atoms with E-state index >= 15 is 0 Å². The van der Waals surface area contributed by atoms with E-state index in [0.717, 1.165) is 61.0 Å². The Morgan fingerprint density at radius 3 is 2.79 bits per heavy atom. The van der Waals surface area contributed by atoms with Gasteiger partial charge in [0, 0.05) is 37.8 Å². The Labute approximate surface area is 141 Å². The van der Waals surface area contributed by atoms with E-state index in [9.17, 15) is 4.79 Å². The maximum absolute atomic E-state index is 11.6. The van der Waals surface area contributed by atoms with Gasteiger partial charge in [-0.3, -0.25) is 4.79 Å². The Morgan fingerprint density at radius 1 is 1.29 bits per heavy atom. The Kier molecular flexibility index (Phi) is 4.78. The van der Waals surface area contributed by atoms with Gasteiger partial charge in [-0.2, -0.15) is 0 Å². The average molecular weight is 329 g/mol. The lowest BCUT2D eigenvalue weighted by atomic mass is 10.2. The summed E-state index contributed by atoms with van der Waals surface area (Å²) in [6, 6.07) is 1.92. The predicted octanol–water partition coefficient (Wildman–Crippen LogP) is 2.48. The van der Waals surface area contributed by atoms with Gasteiger partial charge in [0.2, 0.25) is 5.91 Å². The molecule has 0 radical (unpaired) electrons. The van der Waals surface area contributed by atoms with Gasteiger partial charge in [0.1, 0.15) is 11.6 Å². The standard InChI is InChI=1S/C17H23N5O2/c1-11-10-14(18-7-5-9-22-8-4-6-15(22)23)20-17(19-11)16-12(2)21-24-13(16)3/h10H,4-9H2,1-3H3,(H,18,19,20). The molecule has 128 valence electrons. The molecule has 1 aliphatic rings. The Hall–Kier alpha value is -2.44. The molecule has 0 spiro atoms. The third kappa shape index (κ3) is 3.55. The van der Waals surface area contributed by atoms with E-state index in [0.29, 0.717) is 12.2 Å². The number of hydrogen-bond donors (Lipinski definition) is 1. The highest BCUT2D eigenvalue weighted by atomic mass is 16.5. The third-order valence-corrected chi connectivity index (χ3v) is 4.19. The van der Waals surface area contributed by atoms with Crippen LogP contribution < -0.4 is 5.32 Å². The zero-order chi connectivity index (χ0) is 17.1. The molecule has 0 atom stereocenters. The highest BCUT2D eigenvalue weighted by Crippen LogP contribution is 2.25. The summed E-state index contributed by atoms with van der Waals surface area (Å²) in [5.41, 5.74) is 2.53. The van der Waals surface area contributed by atoms with Gasteiger partial charge in [-0.05, 0) is 33.6 Å². The molecule has 7 heteroatoms. The molecule has 0 aromatic carbocycles. The predicted molar refractivity (Wildman–Crippen MR) is 90.7 cm³/mol. The van der Waals surface area contributed by atoms with E-state index in [2.05, 4.69) is 20.4 Å². The lowest BCUT2D eigenvalue weighted by Crippen LogP contribution is -2.27. The van der Waals surface area contributed by atoms with Gasteiger partial charge in [0.05, 0.1) is 11.3 Å². The Morgan fingerprint density at radius 2 is 2.12 bits per heavy atom. The smallest absolute Gasteiger partial charge is 0.222 e. The normalized spacial score (nSPS) is 14.5. The molecule has 1 N–H and O–H groups in total. The number of anilines is 1. The van der Waals surface area contributed by atoms with Crippen LogP contribution in [0.1, 0.15) is 36.4 Å². The van der Waals surface area contributed by atoms with Crippen molar-refractivity contribution in [3.8, 4) is 11.4 Å². The van der Waals surface area contributed by atoms with E-state index in [1.807, 2.05) is 31.7 Å². The summed E-state index contributed by atoms with van der Waals surface area (Å²) in [5, 5.41) is 7.29. The van der Waals surface area contributed by atoms with Gasteiger partial charge in [-0.15, -0.1) is 0 Å². The molecule has 1 aliphatic heterocycles. The van der Waals surface area contributed by atoms with Crippen LogP contribution in [0.2, 0.25) is 0 Å². The Balaban J connectivity index is 1.63. The van der Waals surface area contributed by atoms with Gasteiger partial charge in [-0.25, -0.2) is 9.97 Å². The second-order valence-corrected chi connectivity index (χ2v) is 6.18. The van der Waals surface area contributed by atoms with Gasteiger partial charge in [-0.1, -0.05) is 5.16 Å². The minimum absolute atomic E-state index is 0.272. The number of carbonyl (C=O) groups is 1. The zero-order valence-electron chi connectivity index (χ0n) is 14.4. The van der Waals surface area contributed by atoms with Crippen molar-refractivity contribution in [3.05, 3.63) is 23.2 Å². The SMILES string of the molecule is Cc1cc(NCCCN2CCCC2=O)nc(-c2c(C)noc2C)n1. The van der Waals surface area contributed by atoms with Gasteiger partial charge in [0.15, 0.2) is 5.82 Å². The molecule has 2 aromatic rings. The minimum atomic E-state index is 0.272. The zero-order valence-corrected chi connectivity index (χ0v) is 14.4. The van der Waals surface area contributed by atoms with E-state index in [1.165, 1.54) is 0 Å². The molecular weight excluding hydrogens is 306 g/mol. The number of nitrogens with zero attached hydrogens (tertiary/aromatic N) is 4. The molecule has 0 bridgehead atoms. The fraction of sp³-hybridized carbons (Fsp3) is 0.529. The summed E-state index contributed by atoms with van der Waals surface area (Å²) < 4.78 is 5.21. The van der Waals surface area contributed by atoms with Crippen LogP contribution in [0, 0.1) is 20.8 Å². The first-order valence-corrected chi connectivity index (χ1v) is 8.35. The number of aryl methyl sites for hydroxylation is 3. The molecule has 3 rings (SSSR count). The number of likely N-dealkylation sites (tertiary alicyclic amines) is 1. The maximum Gasteiger partial charge on any atom is 0.222 e. The van der Waals surface area contributed by atoms with Gasteiger partial charge < -0.3 is 14.7 Å². The average Bonchev–Trinajstić information content (AvgIpc) is 3.09. The molecule has 7 nitrogen and oxygen atoms in total. The van der Waals surface area contributed by atoms with Crippen LogP contribution >= 0.6 is 0 Å². The van der Waals surface area contributed by atoms with Crippen LogP contribution in [-0.4, -0.2) is 45.6 Å². The van der Waals surface area contributed by atoms with Crippen molar-refractivity contribution in [3.63, 3.8) is 0 Å². The number of aromatic nitrogens is 3. The summed E-state index contributed by atoms with van der Waals surface area (Å²) in [7, 11) is 0. The summed E-state index contributed by atoms with van der Waals surface area (Å²) in [4.78, 5) is 22.6. The summed E-state index contributed by atoms with van der Waals surface area (Å²) >= 11 is 0. The quantitative estimate of drug-likeness (QED) is 0.820. The molecule has 3 heterocycles. The molecule has 24 heavy (non-hydrogen) atoms. The molecule has 1 saturated heterocycles. The van der Waals surface area contributed by atoms with Gasteiger partial charge in [0.25, 0.3) is 0 Å². The van der Waals surface area contributed by atoms with Crippen molar-refractivity contribution < 1.29 is 9.32 Å². The summed E-state index contributed by atoms with van der Waals surface area (Å²) in [6.45, 7) is 8.14. The monoisotopic (exact) mass is 329 g/mol. The number of hydrogen-bond acceptors (Lipinski definition) is 6. The molecule has 1 amide bonds. The fourth-order valence-electron chi connectivity index (χ4n) is 3.00. The summed E-state index contributed by atoms with van der Waals surface area (Å²) in [6.07, 6.45) is 2.58. The van der Waals surface area contributed by atoms with Crippen LogP contribution in [0.5, 0.6) is 0 Å². The first-order valence-electron chi connectivity index (χ1n) is 8.35. The van der Waals surface area contributed by atoms with Crippen LogP contribution in [0.3, 0.4) is 0 Å². The van der Waals surface area contributed by atoms with Crippen molar-refractivity contribution in [2.45, 2.75) is 40.0 Å². The molecule has 0 aliphatic carbocycles. The van der Waals surface area contributed by atoms with Crippen LogP contribution in [0.15, 0.2) is 10.6 Å². The highest BCUT2D eigenvalue weighted by molar-refractivity contribution is 5.78. The largest absolute Gasteiger partial charge is 0.370 e. The van der Waals surface area contributed by atoms with Crippen molar-refractivity contribution >= 4 is 11.7 Å². The van der Waals surface area contributed by atoms with E-state index in [4.69, 9.17) is 4.52 Å². The van der Waals surface area contributed by atoms with E-state index in [-0.39, 0.29) is 5.91 Å². The van der Waals surface area contributed by atoms with Gasteiger partial charge >= 0.3 is 0 Å². The van der Waals surface area contributed by atoms with Crippen molar-refractivity contribution in [1.29, 1.82) is 0 Å². The van der Waals surface area contributed by atoms with Crippen LogP contribution in [0.4, 0.5) is 5.82 Å². The lowest BCUT2D eigenvalue weighted by molar-refractivity contribution is -0.127. The number of rotatable bonds is 6. The Bertz CT molecular complexity index is 721. The number of nitrogens with one attached hydrogen (secondary N) is 1. The lowest BCUT2D eigenvalue weighted by Gasteiger charge is -2.15. The molecular formula is C17H23N5O2. The van der Waals surface area contributed by atoms with Crippen molar-refractivity contribution in [2.24, 2.45) is 0 Å². The van der Waals surface area contributed by atoms with E-state index < -0.39 is 0 Å². The first kappa shape index (κ1) is 16.4. The van der Waals surface area contributed by atoms with Crippen molar-refractivity contribution in [1.82, 2.24) is 20.0 Å². The topological polar surface area (TPSA) is 84.2 Å². The second kappa shape index (κ2) is 6.98. The van der Waals surface area contributed by atoms with Crippen molar-refractivity contribution in [2.75, 3.05) is 25.0 Å². The molecule has 0 unspecified atom stereocenters. The maximum atomic E-state index is 11.6. The second-order valence-electron chi connectivity index (χ2n) is 6.18. The number of carbonyl (C=O) groups excluding carboxylic acids is 1. The summed E-state index contributed by atoms with van der Waals surface area (Å²) in [5.74, 6) is 2.40. The third-order valence-electron chi connectivity index (χ3n) is 4.19. The molecule has 1 fully saturated rings. The van der Waals surface area contributed by atoms with Crippen LogP contribution in [0.25, 0.3) is 11.4 Å². The first-order chi connectivity index (χ1) is 11.5. The highest BCUT2D eigenvalue weighted by Gasteiger charge is 2.19. The van der Waals surface area contributed by atoms with E-state index in [1.54, 1.807) is 0 Å². The molecule has 2 aromatic heterocycles. The minimum Gasteiger partial charge on any atom is -0.370 e. The van der Waals surface area contributed by atoms with Crippen LogP contribution in [-0.2, 0) is 4.79 Å². The fourth-order valence-corrected chi connectivity index (χ4v) is 3.00. The molecule has 0 saturated carbocycles. The number of amides is 1.